The Balaban J connectivity index is 1.34. The van der Waals surface area contributed by atoms with E-state index in [1.54, 1.807) is 6.20 Å². The van der Waals surface area contributed by atoms with E-state index in [0.29, 0.717) is 5.13 Å². The van der Waals surface area contributed by atoms with Crippen molar-refractivity contribution in [3.05, 3.63) is 58.1 Å². The molecule has 0 bridgehead atoms. The molecule has 2 aromatic heterocycles. The maximum atomic E-state index is 12.2. The summed E-state index contributed by atoms with van der Waals surface area (Å²) in [6.07, 6.45) is 10.6. The number of aryl methyl sites for hydroxylation is 1. The highest BCUT2D eigenvalue weighted by molar-refractivity contribution is 7.18. The summed E-state index contributed by atoms with van der Waals surface area (Å²) in [5.41, 5.74) is 3.29. The van der Waals surface area contributed by atoms with Crippen molar-refractivity contribution in [2.75, 3.05) is 11.9 Å². The third-order valence-corrected chi connectivity index (χ3v) is 6.23. The highest BCUT2D eigenvalue weighted by Crippen LogP contribution is 2.28. The third-order valence-electron chi connectivity index (χ3n) is 4.39. The van der Waals surface area contributed by atoms with Gasteiger partial charge in [-0.3, -0.25) is 9.59 Å². The Kier molecular flexibility index (Phi) is 5.82. The van der Waals surface area contributed by atoms with E-state index in [0.717, 1.165) is 32.9 Å². The van der Waals surface area contributed by atoms with Crippen molar-refractivity contribution in [3.8, 4) is 0 Å². The van der Waals surface area contributed by atoms with Gasteiger partial charge in [-0.1, -0.05) is 24.3 Å². The summed E-state index contributed by atoms with van der Waals surface area (Å²) >= 11 is 2.91. The summed E-state index contributed by atoms with van der Waals surface area (Å²) in [5.74, 6) is -0.525. The molecule has 1 aliphatic rings. The first-order valence-corrected chi connectivity index (χ1v) is 11.0. The minimum Gasteiger partial charge on any atom is -0.347 e. The molecular weight excluding hydrogens is 404 g/mol. The van der Waals surface area contributed by atoms with Crippen LogP contribution in [0.15, 0.2) is 42.6 Å². The summed E-state index contributed by atoms with van der Waals surface area (Å²) in [4.78, 5) is 33.8. The van der Waals surface area contributed by atoms with E-state index in [4.69, 9.17) is 0 Å². The Labute approximate surface area is 176 Å². The molecule has 1 aliphatic carbocycles. The van der Waals surface area contributed by atoms with Crippen LogP contribution in [0.2, 0.25) is 0 Å². The first-order valence-electron chi connectivity index (χ1n) is 9.32. The van der Waals surface area contributed by atoms with Crippen LogP contribution < -0.4 is 10.6 Å². The molecule has 4 rings (SSSR count). The van der Waals surface area contributed by atoms with Crippen LogP contribution in [0.4, 0.5) is 5.13 Å². The van der Waals surface area contributed by atoms with Crippen LogP contribution in [0.5, 0.6) is 0 Å². The zero-order valence-corrected chi connectivity index (χ0v) is 17.5. The third kappa shape index (κ3) is 4.96. The second-order valence-corrected chi connectivity index (χ2v) is 9.06. The number of hydrogen-bond donors (Lipinski definition) is 2. The standard InChI is InChI=1S/C21H20N4O2S2/c1-13-11-23-21(28-13)25-19(27)12-22-18(26)10-20-24-16-8-7-15(9-17(16)29-20)14-5-3-2-4-6-14/h3,5-9,11H,2,4,10,12H2,1H3,(H,22,26)(H,23,25,27). The van der Waals surface area contributed by atoms with E-state index < -0.39 is 0 Å². The number of carbonyl (C=O) groups excluding carboxylic acids is 2. The minimum absolute atomic E-state index is 0.0903. The fraction of sp³-hybridized carbons (Fsp3) is 0.238. The summed E-state index contributed by atoms with van der Waals surface area (Å²) in [6, 6.07) is 6.19. The Bertz CT molecular complexity index is 1130. The highest BCUT2D eigenvalue weighted by atomic mass is 32.1. The number of allylic oxidation sites excluding steroid dienone is 4. The number of rotatable bonds is 6. The Morgan fingerprint density at radius 2 is 2.07 bits per heavy atom. The number of thiazole rings is 2. The molecule has 0 unspecified atom stereocenters. The average molecular weight is 425 g/mol. The number of amides is 2. The van der Waals surface area contributed by atoms with Crippen LogP contribution in [0.1, 0.15) is 28.3 Å². The van der Waals surface area contributed by atoms with Gasteiger partial charge in [0, 0.05) is 11.1 Å². The van der Waals surface area contributed by atoms with Gasteiger partial charge in [-0.2, -0.15) is 0 Å². The van der Waals surface area contributed by atoms with Crippen molar-refractivity contribution in [1.82, 2.24) is 15.3 Å². The molecule has 6 nitrogen and oxygen atoms in total. The molecule has 0 saturated heterocycles. The molecule has 0 radical (unpaired) electrons. The van der Waals surface area contributed by atoms with Crippen LogP contribution in [-0.2, 0) is 16.0 Å². The lowest BCUT2D eigenvalue weighted by atomic mass is 10.00. The first-order chi connectivity index (χ1) is 14.1. The van der Waals surface area contributed by atoms with Crippen LogP contribution in [0, 0.1) is 6.92 Å². The SMILES string of the molecule is Cc1cnc(NC(=O)CNC(=O)Cc2nc3ccc(C4=CCCC=C4)cc3s2)s1. The van der Waals surface area contributed by atoms with Crippen LogP contribution in [0.25, 0.3) is 15.8 Å². The molecule has 0 spiro atoms. The summed E-state index contributed by atoms with van der Waals surface area (Å²) in [6.45, 7) is 1.83. The molecule has 2 amide bonds. The van der Waals surface area contributed by atoms with Gasteiger partial charge < -0.3 is 10.6 Å². The van der Waals surface area contributed by atoms with Crippen LogP contribution in [0.3, 0.4) is 0 Å². The second kappa shape index (κ2) is 8.67. The lowest BCUT2D eigenvalue weighted by molar-refractivity contribution is -0.123. The molecule has 2 heterocycles. The van der Waals surface area contributed by atoms with Gasteiger partial charge >= 0.3 is 0 Å². The van der Waals surface area contributed by atoms with E-state index in [9.17, 15) is 9.59 Å². The number of nitrogens with one attached hydrogen (secondary N) is 2. The van der Waals surface area contributed by atoms with Gasteiger partial charge in [0.15, 0.2) is 5.13 Å². The number of hydrogen-bond acceptors (Lipinski definition) is 6. The van der Waals surface area contributed by atoms with Crippen molar-refractivity contribution < 1.29 is 9.59 Å². The van der Waals surface area contributed by atoms with Gasteiger partial charge in [-0.25, -0.2) is 9.97 Å². The van der Waals surface area contributed by atoms with Crippen molar-refractivity contribution >= 4 is 55.4 Å². The summed E-state index contributed by atoms with van der Waals surface area (Å²) in [5, 5.41) is 6.58. The first kappa shape index (κ1) is 19.5. The minimum atomic E-state index is -0.296. The molecular formula is C21H20N4O2S2. The Morgan fingerprint density at radius 3 is 2.83 bits per heavy atom. The van der Waals surface area contributed by atoms with Crippen LogP contribution >= 0.6 is 22.7 Å². The van der Waals surface area contributed by atoms with Crippen LogP contribution in [-0.4, -0.2) is 28.3 Å². The maximum absolute atomic E-state index is 12.2. The Morgan fingerprint density at radius 1 is 1.17 bits per heavy atom. The summed E-state index contributed by atoms with van der Waals surface area (Å²) < 4.78 is 1.06. The van der Waals surface area contributed by atoms with E-state index >= 15 is 0 Å². The number of carbonyl (C=O) groups is 2. The van der Waals surface area contributed by atoms with Gasteiger partial charge in [-0.15, -0.1) is 22.7 Å². The molecule has 1 aromatic carbocycles. The van der Waals surface area contributed by atoms with Gasteiger partial charge in [0.25, 0.3) is 0 Å². The van der Waals surface area contributed by atoms with Crippen molar-refractivity contribution in [2.45, 2.75) is 26.2 Å². The fourth-order valence-electron chi connectivity index (χ4n) is 3.01. The van der Waals surface area contributed by atoms with E-state index in [1.165, 1.54) is 33.8 Å². The van der Waals surface area contributed by atoms with E-state index in [2.05, 4.69) is 51.0 Å². The lowest BCUT2D eigenvalue weighted by Crippen LogP contribution is -2.33. The molecule has 148 valence electrons. The monoisotopic (exact) mass is 424 g/mol. The smallest absolute Gasteiger partial charge is 0.245 e. The van der Waals surface area contributed by atoms with Gasteiger partial charge in [0.2, 0.25) is 11.8 Å². The number of fused-ring (bicyclic) bond motifs is 1. The molecule has 0 atom stereocenters. The lowest BCUT2D eigenvalue weighted by Gasteiger charge is -2.06. The predicted octanol–water partition coefficient (Wildman–Crippen LogP) is 4.09. The molecule has 0 aliphatic heterocycles. The second-order valence-electron chi connectivity index (χ2n) is 6.71. The average Bonchev–Trinajstić information content (AvgIpc) is 3.31. The molecule has 29 heavy (non-hydrogen) atoms. The largest absolute Gasteiger partial charge is 0.347 e. The zero-order chi connectivity index (χ0) is 20.2. The summed E-state index contributed by atoms with van der Waals surface area (Å²) in [7, 11) is 0. The fourth-order valence-corrected chi connectivity index (χ4v) is 4.70. The van der Waals surface area contributed by atoms with Gasteiger partial charge in [-0.05, 0) is 43.0 Å². The van der Waals surface area contributed by atoms with Crippen molar-refractivity contribution in [2.24, 2.45) is 0 Å². The molecule has 0 fully saturated rings. The molecule has 2 N–H and O–H groups in total. The molecule has 3 aromatic rings. The normalized spacial score (nSPS) is 13.3. The number of aromatic nitrogens is 2. The number of benzene rings is 1. The van der Waals surface area contributed by atoms with Crippen molar-refractivity contribution in [1.29, 1.82) is 0 Å². The molecule has 8 heteroatoms. The van der Waals surface area contributed by atoms with Crippen molar-refractivity contribution in [3.63, 3.8) is 0 Å². The Hall–Kier alpha value is -2.84. The number of anilines is 1. The maximum Gasteiger partial charge on any atom is 0.245 e. The van der Waals surface area contributed by atoms with Gasteiger partial charge in [0.1, 0.15) is 5.01 Å². The van der Waals surface area contributed by atoms with E-state index in [1.807, 2.05) is 13.0 Å². The topological polar surface area (TPSA) is 84.0 Å². The van der Waals surface area contributed by atoms with Gasteiger partial charge in [0.05, 0.1) is 23.2 Å². The van der Waals surface area contributed by atoms with E-state index in [-0.39, 0.29) is 24.8 Å². The highest BCUT2D eigenvalue weighted by Gasteiger charge is 2.12. The predicted molar refractivity (Wildman–Crippen MR) is 118 cm³/mol. The molecule has 0 saturated carbocycles. The number of nitrogens with zero attached hydrogens (tertiary/aromatic N) is 2. The zero-order valence-electron chi connectivity index (χ0n) is 15.9. The quantitative estimate of drug-likeness (QED) is 0.624.